The van der Waals surface area contributed by atoms with Crippen molar-refractivity contribution in [2.45, 2.75) is 6.42 Å². The predicted octanol–water partition coefficient (Wildman–Crippen LogP) is 2.80. The van der Waals surface area contributed by atoms with E-state index < -0.39 is 0 Å². The van der Waals surface area contributed by atoms with E-state index in [0.29, 0.717) is 18.0 Å². The molecule has 0 aliphatic carbocycles. The highest BCUT2D eigenvalue weighted by Crippen LogP contribution is 2.18. The van der Waals surface area contributed by atoms with E-state index in [1.165, 1.54) is 0 Å². The number of nitrogens with two attached hydrogens (primary N) is 1. The summed E-state index contributed by atoms with van der Waals surface area (Å²) in [5, 5.41) is 0.687. The molecule has 0 amide bonds. The van der Waals surface area contributed by atoms with Crippen molar-refractivity contribution >= 4 is 27.5 Å². The zero-order valence-electron chi connectivity index (χ0n) is 6.98. The molecule has 1 aromatic carbocycles. The van der Waals surface area contributed by atoms with Gasteiger partial charge < -0.3 is 5.73 Å². The highest BCUT2D eigenvalue weighted by molar-refractivity contribution is 9.10. The Morgan fingerprint density at radius 1 is 1.38 bits per heavy atom. The molecule has 1 aromatic rings. The average Bonchev–Trinajstić information content (AvgIpc) is 2.03. The number of hydrogen-bond acceptors (Lipinski definition) is 1. The number of benzene rings is 1. The zero-order chi connectivity index (χ0) is 9.68. The van der Waals surface area contributed by atoms with Gasteiger partial charge in [-0.3, -0.25) is 0 Å². The van der Waals surface area contributed by atoms with Gasteiger partial charge in [-0.25, -0.2) is 0 Å². The van der Waals surface area contributed by atoms with Crippen LogP contribution in [0.1, 0.15) is 12.0 Å². The molecule has 0 saturated carbocycles. The summed E-state index contributed by atoms with van der Waals surface area (Å²) in [6.07, 6.45) is 0.712. The summed E-state index contributed by atoms with van der Waals surface area (Å²) in [6.45, 7) is 0.592. The van der Waals surface area contributed by atoms with Gasteiger partial charge in [0.2, 0.25) is 0 Å². The van der Waals surface area contributed by atoms with E-state index in [1.54, 1.807) is 0 Å². The molecule has 0 unspecified atom stereocenters. The molecule has 0 spiro atoms. The lowest BCUT2D eigenvalue weighted by Crippen LogP contribution is -1.95. The van der Waals surface area contributed by atoms with Crippen LogP contribution in [0, 0.1) is 11.8 Å². The fraction of sp³-hybridized carbons (Fsp3) is 0.200. The summed E-state index contributed by atoms with van der Waals surface area (Å²) in [5.74, 6) is 5.93. The first-order valence-corrected chi connectivity index (χ1v) is 5.04. The molecule has 0 aliphatic rings. The topological polar surface area (TPSA) is 26.0 Å². The van der Waals surface area contributed by atoms with Crippen molar-refractivity contribution in [1.29, 1.82) is 0 Å². The van der Waals surface area contributed by atoms with E-state index in [2.05, 4.69) is 27.8 Å². The molecule has 1 nitrogen and oxygen atoms in total. The second-order valence-electron chi connectivity index (χ2n) is 2.50. The minimum Gasteiger partial charge on any atom is -0.330 e. The summed E-state index contributed by atoms with van der Waals surface area (Å²) in [7, 11) is 0. The summed E-state index contributed by atoms with van der Waals surface area (Å²) in [5.41, 5.74) is 6.22. The maximum atomic E-state index is 5.84. The van der Waals surface area contributed by atoms with Crippen LogP contribution < -0.4 is 5.73 Å². The van der Waals surface area contributed by atoms with Gasteiger partial charge in [0.25, 0.3) is 0 Å². The van der Waals surface area contributed by atoms with Crippen LogP contribution in [0.5, 0.6) is 0 Å². The van der Waals surface area contributed by atoms with Crippen molar-refractivity contribution < 1.29 is 0 Å². The van der Waals surface area contributed by atoms with Gasteiger partial charge in [0, 0.05) is 28.0 Å². The number of halogens is 2. The molecule has 3 heteroatoms. The summed E-state index contributed by atoms with van der Waals surface area (Å²) < 4.78 is 0.942. The van der Waals surface area contributed by atoms with Gasteiger partial charge in [-0.05, 0) is 18.2 Å². The van der Waals surface area contributed by atoms with Crippen LogP contribution in [0.25, 0.3) is 0 Å². The maximum Gasteiger partial charge on any atom is 0.0429 e. The minimum absolute atomic E-state index is 0.592. The molecule has 0 aliphatic heterocycles. The van der Waals surface area contributed by atoms with Crippen LogP contribution in [0.4, 0.5) is 0 Å². The Kier molecular flexibility index (Phi) is 4.31. The third kappa shape index (κ3) is 3.82. The van der Waals surface area contributed by atoms with Crippen LogP contribution in [-0.2, 0) is 0 Å². The highest BCUT2D eigenvalue weighted by Gasteiger charge is 1.93. The predicted molar refractivity (Wildman–Crippen MR) is 59.7 cm³/mol. The van der Waals surface area contributed by atoms with Gasteiger partial charge >= 0.3 is 0 Å². The average molecular weight is 259 g/mol. The van der Waals surface area contributed by atoms with Gasteiger partial charge in [0.1, 0.15) is 0 Å². The second-order valence-corrected chi connectivity index (χ2v) is 3.85. The van der Waals surface area contributed by atoms with Gasteiger partial charge in [-0.15, -0.1) is 0 Å². The quantitative estimate of drug-likeness (QED) is 0.770. The molecule has 68 valence electrons. The van der Waals surface area contributed by atoms with E-state index >= 15 is 0 Å². The smallest absolute Gasteiger partial charge is 0.0429 e. The number of hydrogen-bond donors (Lipinski definition) is 1. The van der Waals surface area contributed by atoms with Crippen molar-refractivity contribution in [3.63, 3.8) is 0 Å². The fourth-order valence-corrected chi connectivity index (χ4v) is 1.72. The lowest BCUT2D eigenvalue weighted by atomic mass is 10.2. The molecule has 0 saturated heterocycles. The fourth-order valence-electron chi connectivity index (χ4n) is 0.863. The molecule has 0 radical (unpaired) electrons. The third-order valence-electron chi connectivity index (χ3n) is 1.36. The van der Waals surface area contributed by atoms with Crippen molar-refractivity contribution in [3.05, 3.63) is 33.3 Å². The SMILES string of the molecule is NCCC#Cc1cc(Cl)cc(Br)c1. The zero-order valence-corrected chi connectivity index (χ0v) is 9.32. The first-order chi connectivity index (χ1) is 6.22. The van der Waals surface area contributed by atoms with Crippen LogP contribution in [0.15, 0.2) is 22.7 Å². The Morgan fingerprint density at radius 3 is 2.77 bits per heavy atom. The molecular weight excluding hydrogens is 249 g/mol. The van der Waals surface area contributed by atoms with E-state index in [0.717, 1.165) is 10.0 Å². The molecule has 0 bridgehead atoms. The Labute approximate surface area is 91.4 Å². The second kappa shape index (κ2) is 5.29. The van der Waals surface area contributed by atoms with E-state index in [1.807, 2.05) is 18.2 Å². The van der Waals surface area contributed by atoms with Crippen LogP contribution in [0.3, 0.4) is 0 Å². The molecule has 0 atom stereocenters. The van der Waals surface area contributed by atoms with E-state index in [4.69, 9.17) is 17.3 Å². The van der Waals surface area contributed by atoms with Gasteiger partial charge in [0.05, 0.1) is 0 Å². The summed E-state index contributed by atoms with van der Waals surface area (Å²) >= 11 is 9.19. The Hall–Kier alpha value is -0.490. The Bertz CT molecular complexity index is 331. The van der Waals surface area contributed by atoms with Gasteiger partial charge in [-0.2, -0.15) is 0 Å². The molecular formula is C10H9BrClN. The van der Waals surface area contributed by atoms with Crippen LogP contribution >= 0.6 is 27.5 Å². The molecule has 0 aromatic heterocycles. The normalized spacial score (nSPS) is 9.15. The van der Waals surface area contributed by atoms with Crippen molar-refractivity contribution in [1.82, 2.24) is 0 Å². The summed E-state index contributed by atoms with van der Waals surface area (Å²) in [4.78, 5) is 0. The molecule has 1 rings (SSSR count). The standard InChI is InChI=1S/C10H9BrClN/c11-9-5-8(3-1-2-4-13)6-10(12)7-9/h5-7H,2,4,13H2. The molecule has 13 heavy (non-hydrogen) atoms. The lowest BCUT2D eigenvalue weighted by Gasteiger charge is -1.94. The van der Waals surface area contributed by atoms with E-state index in [9.17, 15) is 0 Å². The first-order valence-electron chi connectivity index (χ1n) is 3.87. The van der Waals surface area contributed by atoms with Crippen molar-refractivity contribution in [3.8, 4) is 11.8 Å². The monoisotopic (exact) mass is 257 g/mol. The van der Waals surface area contributed by atoms with Crippen LogP contribution in [-0.4, -0.2) is 6.54 Å². The first kappa shape index (κ1) is 10.6. The lowest BCUT2D eigenvalue weighted by molar-refractivity contribution is 1.03. The largest absolute Gasteiger partial charge is 0.330 e. The third-order valence-corrected chi connectivity index (χ3v) is 2.04. The molecule has 2 N–H and O–H groups in total. The van der Waals surface area contributed by atoms with Crippen molar-refractivity contribution in [2.75, 3.05) is 6.54 Å². The molecule has 0 heterocycles. The van der Waals surface area contributed by atoms with Gasteiger partial charge in [-0.1, -0.05) is 39.4 Å². The van der Waals surface area contributed by atoms with Crippen LogP contribution in [0.2, 0.25) is 5.02 Å². The van der Waals surface area contributed by atoms with Gasteiger partial charge in [0.15, 0.2) is 0 Å². The van der Waals surface area contributed by atoms with E-state index in [-0.39, 0.29) is 0 Å². The Morgan fingerprint density at radius 2 is 2.15 bits per heavy atom. The summed E-state index contributed by atoms with van der Waals surface area (Å²) in [6, 6.07) is 5.58. The van der Waals surface area contributed by atoms with Crippen molar-refractivity contribution in [2.24, 2.45) is 5.73 Å². The highest BCUT2D eigenvalue weighted by atomic mass is 79.9. The Balaban J connectivity index is 2.85. The number of rotatable bonds is 1. The minimum atomic E-state index is 0.592. The maximum absolute atomic E-state index is 5.84. The molecule has 0 fully saturated rings.